The fraction of sp³-hybridized carbons (Fsp3) is 0.462. The van der Waals surface area contributed by atoms with Crippen LogP contribution in [0.5, 0.6) is 0 Å². The van der Waals surface area contributed by atoms with Crippen LogP contribution in [-0.2, 0) is 4.79 Å². The quantitative estimate of drug-likeness (QED) is 0.881. The molecule has 0 saturated heterocycles. The van der Waals surface area contributed by atoms with Crippen LogP contribution in [0, 0.1) is 19.7 Å². The van der Waals surface area contributed by atoms with Crippen molar-refractivity contribution < 1.29 is 19.4 Å². The van der Waals surface area contributed by atoms with Crippen LogP contribution in [0.3, 0.4) is 0 Å². The van der Waals surface area contributed by atoms with E-state index in [0.29, 0.717) is 16.7 Å². The van der Waals surface area contributed by atoms with Crippen molar-refractivity contribution in [2.24, 2.45) is 0 Å². The minimum Gasteiger partial charge on any atom is -0.389 e. The maximum Gasteiger partial charge on any atom is 0.185 e. The summed E-state index contributed by atoms with van der Waals surface area (Å²) in [5, 5.41) is 19.8. The lowest BCUT2D eigenvalue weighted by atomic mass is 9.95. The molecule has 0 aliphatic heterocycles. The van der Waals surface area contributed by atoms with Gasteiger partial charge in [0.2, 0.25) is 0 Å². The number of aliphatic hydroxyl groups is 2. The largest absolute Gasteiger partial charge is 0.389 e. The third kappa shape index (κ3) is 3.80. The van der Waals surface area contributed by atoms with Gasteiger partial charge in [0.25, 0.3) is 0 Å². The Hall–Kier alpha value is -0.910. The zero-order chi connectivity index (χ0) is 13.9. The van der Waals surface area contributed by atoms with Gasteiger partial charge in [0.05, 0.1) is 6.10 Å². The molecular formula is C13H17FO3S. The van der Waals surface area contributed by atoms with Gasteiger partial charge in [-0.25, -0.2) is 4.39 Å². The Labute approximate surface area is 110 Å². The molecule has 18 heavy (non-hydrogen) atoms. The van der Waals surface area contributed by atoms with Crippen molar-refractivity contribution in [2.45, 2.75) is 33.0 Å². The summed E-state index contributed by atoms with van der Waals surface area (Å²) in [7, 11) is 0. The van der Waals surface area contributed by atoms with E-state index in [1.807, 2.05) is 0 Å². The predicted octanol–water partition coefficient (Wildman–Crippen LogP) is 2.12. The third-order valence-electron chi connectivity index (χ3n) is 2.68. The van der Waals surface area contributed by atoms with Gasteiger partial charge in [0.15, 0.2) is 5.12 Å². The molecule has 0 radical (unpaired) electrons. The Morgan fingerprint density at radius 1 is 1.33 bits per heavy atom. The van der Waals surface area contributed by atoms with E-state index in [9.17, 15) is 19.4 Å². The average molecular weight is 272 g/mol. The summed E-state index contributed by atoms with van der Waals surface area (Å²) < 4.78 is 13.1. The van der Waals surface area contributed by atoms with Crippen LogP contribution >= 0.6 is 11.8 Å². The Morgan fingerprint density at radius 3 is 2.28 bits per heavy atom. The van der Waals surface area contributed by atoms with E-state index in [1.54, 1.807) is 13.8 Å². The Morgan fingerprint density at radius 2 is 1.83 bits per heavy atom. The number of thioether (sulfide) groups is 1. The van der Waals surface area contributed by atoms with Crippen LogP contribution in [0.1, 0.15) is 29.7 Å². The van der Waals surface area contributed by atoms with Crippen LogP contribution < -0.4 is 0 Å². The first-order chi connectivity index (χ1) is 8.32. The van der Waals surface area contributed by atoms with Crippen molar-refractivity contribution in [1.29, 1.82) is 0 Å². The lowest BCUT2D eigenvalue weighted by Gasteiger charge is -2.21. The van der Waals surface area contributed by atoms with Crippen LogP contribution in [0.15, 0.2) is 12.1 Å². The van der Waals surface area contributed by atoms with E-state index in [2.05, 4.69) is 0 Å². The molecule has 2 atom stereocenters. The van der Waals surface area contributed by atoms with Crippen LogP contribution in [0.4, 0.5) is 4.39 Å². The fourth-order valence-electron chi connectivity index (χ4n) is 1.87. The maximum atomic E-state index is 13.1. The molecule has 0 spiro atoms. The number of halogens is 1. The minimum absolute atomic E-state index is 0.117. The van der Waals surface area contributed by atoms with Gasteiger partial charge in [-0.05, 0) is 42.7 Å². The van der Waals surface area contributed by atoms with Gasteiger partial charge < -0.3 is 10.2 Å². The first-order valence-corrected chi connectivity index (χ1v) is 6.57. The molecule has 0 heterocycles. The molecule has 3 nitrogen and oxygen atoms in total. The lowest BCUT2D eigenvalue weighted by Crippen LogP contribution is -2.23. The number of carbonyl (C=O) groups excluding carboxylic acids is 1. The second-order valence-electron chi connectivity index (χ2n) is 4.27. The van der Waals surface area contributed by atoms with Crippen molar-refractivity contribution in [2.75, 3.05) is 5.75 Å². The summed E-state index contributed by atoms with van der Waals surface area (Å²) >= 11 is 0.954. The molecule has 1 rings (SSSR count). The summed E-state index contributed by atoms with van der Waals surface area (Å²) in [6.07, 6.45) is -2.17. The molecule has 2 unspecified atom stereocenters. The van der Waals surface area contributed by atoms with Gasteiger partial charge in [0, 0.05) is 12.7 Å². The van der Waals surface area contributed by atoms with Crippen molar-refractivity contribution in [3.05, 3.63) is 34.6 Å². The van der Waals surface area contributed by atoms with E-state index in [0.717, 1.165) is 11.8 Å². The zero-order valence-electron chi connectivity index (χ0n) is 10.6. The number of carbonyl (C=O) groups is 1. The molecule has 0 fully saturated rings. The molecule has 1 aromatic carbocycles. The molecule has 0 aromatic heterocycles. The highest BCUT2D eigenvalue weighted by molar-refractivity contribution is 8.13. The highest BCUT2D eigenvalue weighted by Crippen LogP contribution is 2.27. The molecule has 0 aliphatic carbocycles. The first-order valence-electron chi connectivity index (χ1n) is 5.59. The molecule has 0 amide bonds. The van der Waals surface area contributed by atoms with Crippen molar-refractivity contribution in [3.8, 4) is 0 Å². The monoisotopic (exact) mass is 272 g/mol. The van der Waals surface area contributed by atoms with Crippen molar-refractivity contribution >= 4 is 16.9 Å². The summed E-state index contributed by atoms with van der Waals surface area (Å²) in [5.41, 5.74) is 1.70. The number of hydrogen-bond acceptors (Lipinski definition) is 4. The first kappa shape index (κ1) is 15.1. The van der Waals surface area contributed by atoms with E-state index >= 15 is 0 Å². The van der Waals surface area contributed by atoms with Crippen LogP contribution in [0.2, 0.25) is 0 Å². The summed E-state index contributed by atoms with van der Waals surface area (Å²) in [6.45, 7) is 4.76. The van der Waals surface area contributed by atoms with E-state index < -0.39 is 12.2 Å². The highest BCUT2D eigenvalue weighted by atomic mass is 32.2. The van der Waals surface area contributed by atoms with Crippen LogP contribution in [0.25, 0.3) is 0 Å². The number of hydrogen-bond donors (Lipinski definition) is 2. The predicted molar refractivity (Wildman–Crippen MR) is 70.0 cm³/mol. The van der Waals surface area contributed by atoms with Gasteiger partial charge in [0.1, 0.15) is 11.9 Å². The third-order valence-corrected chi connectivity index (χ3v) is 3.59. The van der Waals surface area contributed by atoms with E-state index in [4.69, 9.17) is 0 Å². The zero-order valence-corrected chi connectivity index (χ0v) is 11.4. The minimum atomic E-state index is -1.11. The van der Waals surface area contributed by atoms with Crippen LogP contribution in [-0.4, -0.2) is 27.2 Å². The van der Waals surface area contributed by atoms with E-state index in [1.165, 1.54) is 19.1 Å². The van der Waals surface area contributed by atoms with Gasteiger partial charge in [-0.1, -0.05) is 11.8 Å². The Kier molecular flexibility index (Phi) is 5.31. The molecule has 0 aliphatic rings. The molecule has 0 bridgehead atoms. The maximum absolute atomic E-state index is 13.1. The standard InChI is InChI=1S/C13H17FO3S/c1-7-4-10(14)5-8(2)12(7)13(17)11(16)6-18-9(3)15/h4-5,11,13,16-17H,6H2,1-3H3. The normalized spacial score (nSPS) is 14.3. The highest BCUT2D eigenvalue weighted by Gasteiger charge is 2.22. The van der Waals surface area contributed by atoms with Crippen molar-refractivity contribution in [3.63, 3.8) is 0 Å². The van der Waals surface area contributed by atoms with Gasteiger partial charge in [-0.3, -0.25) is 4.79 Å². The topological polar surface area (TPSA) is 57.5 Å². The molecule has 100 valence electrons. The summed E-state index contributed by atoms with van der Waals surface area (Å²) in [4.78, 5) is 10.8. The summed E-state index contributed by atoms with van der Waals surface area (Å²) in [6, 6.07) is 2.63. The SMILES string of the molecule is CC(=O)SCC(O)C(O)c1c(C)cc(F)cc1C. The molecular weight excluding hydrogens is 255 g/mol. The second kappa shape index (κ2) is 6.31. The number of rotatable bonds is 4. The number of benzene rings is 1. The van der Waals surface area contributed by atoms with E-state index in [-0.39, 0.29) is 16.7 Å². The van der Waals surface area contributed by atoms with Crippen molar-refractivity contribution in [1.82, 2.24) is 0 Å². The van der Waals surface area contributed by atoms with Gasteiger partial charge in [-0.2, -0.15) is 0 Å². The Bertz CT molecular complexity index is 425. The number of aliphatic hydroxyl groups excluding tert-OH is 2. The van der Waals surface area contributed by atoms with Gasteiger partial charge >= 0.3 is 0 Å². The number of aryl methyl sites for hydroxylation is 2. The molecule has 1 aromatic rings. The molecule has 0 saturated carbocycles. The fourth-order valence-corrected chi connectivity index (χ4v) is 2.46. The smallest absolute Gasteiger partial charge is 0.185 e. The lowest BCUT2D eigenvalue weighted by molar-refractivity contribution is -0.109. The molecule has 5 heteroatoms. The second-order valence-corrected chi connectivity index (χ2v) is 5.46. The Balaban J connectivity index is 2.89. The average Bonchev–Trinajstić information content (AvgIpc) is 2.24. The summed E-state index contributed by atoms with van der Waals surface area (Å²) in [5.74, 6) is -0.249. The van der Waals surface area contributed by atoms with Gasteiger partial charge in [-0.15, -0.1) is 0 Å². The molecule has 2 N–H and O–H groups in total.